The van der Waals surface area contributed by atoms with Crippen LogP contribution in [0.2, 0.25) is 10.0 Å². The minimum Gasteiger partial charge on any atom is -0.317 e. The van der Waals surface area contributed by atoms with Crippen molar-refractivity contribution in [1.82, 2.24) is 10.2 Å². The van der Waals surface area contributed by atoms with E-state index in [1.807, 2.05) is 12.1 Å². The second-order valence-corrected chi connectivity index (χ2v) is 7.26. The van der Waals surface area contributed by atoms with Gasteiger partial charge in [-0.3, -0.25) is 4.90 Å². The van der Waals surface area contributed by atoms with Crippen LogP contribution in [-0.4, -0.2) is 36.6 Å². The number of hydrogen-bond acceptors (Lipinski definition) is 2. The molecule has 2 atom stereocenters. The second kappa shape index (κ2) is 6.87. The molecule has 2 bridgehead atoms. The van der Waals surface area contributed by atoms with E-state index in [9.17, 15) is 0 Å². The predicted octanol–water partition coefficient (Wildman–Crippen LogP) is 4.14. The van der Waals surface area contributed by atoms with Crippen molar-refractivity contribution >= 4 is 23.2 Å². The lowest BCUT2D eigenvalue weighted by molar-refractivity contribution is 0.0271. The summed E-state index contributed by atoms with van der Waals surface area (Å²) in [5.74, 6) is 0. The van der Waals surface area contributed by atoms with Gasteiger partial charge in [0.2, 0.25) is 0 Å². The molecule has 2 saturated heterocycles. The van der Waals surface area contributed by atoms with Crippen LogP contribution in [0.1, 0.15) is 37.7 Å². The summed E-state index contributed by atoms with van der Waals surface area (Å²) in [6.07, 6.45) is 7.70. The molecule has 1 aromatic rings. The van der Waals surface area contributed by atoms with Gasteiger partial charge in [0.05, 0.1) is 0 Å². The van der Waals surface area contributed by atoms with Crippen LogP contribution in [0.15, 0.2) is 18.2 Å². The van der Waals surface area contributed by atoms with Crippen molar-refractivity contribution < 1.29 is 0 Å². The van der Waals surface area contributed by atoms with Crippen LogP contribution < -0.4 is 5.32 Å². The number of nitrogens with one attached hydrogen (secondary N) is 1. The Hall–Kier alpha value is -0.280. The van der Waals surface area contributed by atoms with Crippen molar-refractivity contribution in [2.24, 2.45) is 0 Å². The van der Waals surface area contributed by atoms with E-state index in [0.717, 1.165) is 35.1 Å². The lowest BCUT2D eigenvalue weighted by Gasteiger charge is -2.49. The molecule has 0 aliphatic carbocycles. The van der Waals surface area contributed by atoms with E-state index in [0.29, 0.717) is 6.04 Å². The highest BCUT2D eigenvalue weighted by Crippen LogP contribution is 2.34. The van der Waals surface area contributed by atoms with Crippen LogP contribution in [0, 0.1) is 0 Å². The maximum absolute atomic E-state index is 6.30. The van der Waals surface area contributed by atoms with E-state index in [1.165, 1.54) is 37.7 Å². The van der Waals surface area contributed by atoms with Crippen LogP contribution in [0.3, 0.4) is 0 Å². The Morgan fingerprint density at radius 1 is 1.19 bits per heavy atom. The maximum atomic E-state index is 6.30. The third-order valence-electron chi connectivity index (χ3n) is 5.19. The van der Waals surface area contributed by atoms with Gasteiger partial charge >= 0.3 is 0 Å². The molecule has 0 aromatic heterocycles. The number of benzene rings is 1. The van der Waals surface area contributed by atoms with Gasteiger partial charge in [0.15, 0.2) is 0 Å². The van der Waals surface area contributed by atoms with Crippen molar-refractivity contribution in [3.05, 3.63) is 33.8 Å². The van der Waals surface area contributed by atoms with E-state index in [2.05, 4.69) is 23.3 Å². The lowest BCUT2D eigenvalue weighted by Crippen LogP contribution is -2.56. The van der Waals surface area contributed by atoms with Crippen LogP contribution >= 0.6 is 23.2 Å². The average molecular weight is 327 g/mol. The zero-order valence-electron chi connectivity index (χ0n) is 12.6. The molecule has 1 N–H and O–H groups in total. The van der Waals surface area contributed by atoms with Crippen molar-refractivity contribution in [2.75, 3.05) is 13.6 Å². The van der Waals surface area contributed by atoms with Gasteiger partial charge in [-0.2, -0.15) is 0 Å². The summed E-state index contributed by atoms with van der Waals surface area (Å²) < 4.78 is 0. The van der Waals surface area contributed by atoms with Gasteiger partial charge in [0, 0.05) is 34.7 Å². The van der Waals surface area contributed by atoms with Gasteiger partial charge < -0.3 is 5.32 Å². The van der Waals surface area contributed by atoms with Crippen LogP contribution in [0.25, 0.3) is 0 Å². The fourth-order valence-electron chi connectivity index (χ4n) is 4.05. The molecule has 0 saturated carbocycles. The van der Waals surface area contributed by atoms with Gasteiger partial charge in [-0.05, 0) is 56.8 Å². The maximum Gasteiger partial charge on any atom is 0.0453 e. The molecule has 0 amide bonds. The fraction of sp³-hybridized carbons (Fsp3) is 0.647. The summed E-state index contributed by atoms with van der Waals surface area (Å²) >= 11 is 12.3. The first-order chi connectivity index (χ1) is 10.2. The van der Waals surface area contributed by atoms with E-state index in [1.54, 1.807) is 0 Å². The van der Waals surface area contributed by atoms with Gasteiger partial charge in [0.25, 0.3) is 0 Å². The van der Waals surface area contributed by atoms with Crippen molar-refractivity contribution in [1.29, 1.82) is 0 Å². The second-order valence-electron chi connectivity index (χ2n) is 6.42. The Bertz CT molecular complexity index is 478. The van der Waals surface area contributed by atoms with E-state index >= 15 is 0 Å². The normalized spacial score (nSPS) is 29.6. The first kappa shape index (κ1) is 15.6. The molecular formula is C17H24Cl2N2. The molecule has 116 valence electrons. The predicted molar refractivity (Wildman–Crippen MR) is 90.4 cm³/mol. The molecule has 2 heterocycles. The summed E-state index contributed by atoms with van der Waals surface area (Å²) in [5.41, 5.74) is 1.22. The molecule has 0 spiro atoms. The summed E-state index contributed by atoms with van der Waals surface area (Å²) in [7, 11) is 2.10. The Balaban J connectivity index is 1.64. The molecule has 1 aromatic carbocycles. The van der Waals surface area contributed by atoms with Crippen molar-refractivity contribution in [3.63, 3.8) is 0 Å². The first-order valence-electron chi connectivity index (χ1n) is 8.04. The standard InChI is InChI=1S/C17H24Cl2N2/c1-20-14-10-15-3-2-4-16(11-14)21(15)8-7-12-5-6-13(18)9-17(12)19/h5-6,9,14-16,20H,2-4,7-8,10-11H2,1H3. The Morgan fingerprint density at radius 2 is 1.90 bits per heavy atom. The number of rotatable bonds is 4. The summed E-state index contributed by atoms with van der Waals surface area (Å²) in [4.78, 5) is 2.74. The minimum atomic E-state index is 0.704. The number of halogens is 2. The third-order valence-corrected chi connectivity index (χ3v) is 5.78. The topological polar surface area (TPSA) is 15.3 Å². The van der Waals surface area contributed by atoms with Crippen LogP contribution in [0.4, 0.5) is 0 Å². The molecule has 4 heteroatoms. The molecule has 3 rings (SSSR count). The average Bonchev–Trinajstić information content (AvgIpc) is 2.45. The van der Waals surface area contributed by atoms with Crippen molar-refractivity contribution in [2.45, 2.75) is 56.7 Å². The molecule has 0 radical (unpaired) electrons. The first-order valence-corrected chi connectivity index (χ1v) is 8.80. The van der Waals surface area contributed by atoms with Gasteiger partial charge in [-0.1, -0.05) is 35.7 Å². The minimum absolute atomic E-state index is 0.704. The number of hydrogen-bond donors (Lipinski definition) is 1. The van der Waals surface area contributed by atoms with E-state index < -0.39 is 0 Å². The molecule has 2 aliphatic rings. The molecule has 2 aliphatic heterocycles. The SMILES string of the molecule is CNC1CC2CCCC(C1)N2CCc1ccc(Cl)cc1Cl. The quantitative estimate of drug-likeness (QED) is 0.894. The molecule has 2 fully saturated rings. The van der Waals surface area contributed by atoms with Gasteiger partial charge in [-0.15, -0.1) is 0 Å². The molecular weight excluding hydrogens is 303 g/mol. The van der Waals surface area contributed by atoms with E-state index in [-0.39, 0.29) is 0 Å². The zero-order chi connectivity index (χ0) is 14.8. The lowest BCUT2D eigenvalue weighted by atomic mass is 9.81. The number of nitrogens with zero attached hydrogens (tertiary/aromatic N) is 1. The molecule has 21 heavy (non-hydrogen) atoms. The van der Waals surface area contributed by atoms with Gasteiger partial charge in [0.1, 0.15) is 0 Å². The highest BCUT2D eigenvalue weighted by atomic mass is 35.5. The smallest absolute Gasteiger partial charge is 0.0453 e. The third kappa shape index (κ3) is 3.56. The zero-order valence-corrected chi connectivity index (χ0v) is 14.1. The Labute approximate surface area is 137 Å². The van der Waals surface area contributed by atoms with E-state index in [4.69, 9.17) is 23.2 Å². The monoisotopic (exact) mass is 326 g/mol. The van der Waals surface area contributed by atoms with Gasteiger partial charge in [-0.25, -0.2) is 0 Å². The summed E-state index contributed by atoms with van der Waals surface area (Å²) in [6.45, 7) is 1.12. The number of piperidine rings is 2. The summed E-state index contributed by atoms with van der Waals surface area (Å²) in [6, 6.07) is 8.07. The van der Waals surface area contributed by atoms with Crippen LogP contribution in [-0.2, 0) is 6.42 Å². The fourth-order valence-corrected chi connectivity index (χ4v) is 4.56. The highest BCUT2D eigenvalue weighted by molar-refractivity contribution is 6.35. The van der Waals surface area contributed by atoms with Crippen LogP contribution in [0.5, 0.6) is 0 Å². The van der Waals surface area contributed by atoms with Crippen molar-refractivity contribution in [3.8, 4) is 0 Å². The number of fused-ring (bicyclic) bond motifs is 2. The molecule has 2 nitrogen and oxygen atoms in total. The largest absolute Gasteiger partial charge is 0.317 e. The highest BCUT2D eigenvalue weighted by Gasteiger charge is 2.37. The summed E-state index contributed by atoms with van der Waals surface area (Å²) in [5, 5.41) is 5.00. The molecule has 2 unspecified atom stereocenters. The Morgan fingerprint density at radius 3 is 2.52 bits per heavy atom. The Kier molecular flexibility index (Phi) is 5.11.